The van der Waals surface area contributed by atoms with Gasteiger partial charge in [-0.15, -0.1) is 0 Å². The monoisotopic (exact) mass is 1410 g/mol. The first-order valence-corrected chi connectivity index (χ1v) is 32.8. The Hall–Kier alpha value is -4.89. The Morgan fingerprint density at radius 3 is 1.34 bits per heavy atom. The molecule has 30 atom stereocenters. The van der Waals surface area contributed by atoms with E-state index < -0.39 is 246 Å². The van der Waals surface area contributed by atoms with Crippen LogP contribution in [-0.2, 0) is 71.3 Å². The van der Waals surface area contributed by atoms with Gasteiger partial charge in [0, 0.05) is 33.3 Å². The number of ether oxygens (including phenoxy) is 12. The molecule has 0 spiro atoms. The summed E-state index contributed by atoms with van der Waals surface area (Å²) in [5.74, 6) is -3.72. The van der Waals surface area contributed by atoms with E-state index in [0.29, 0.717) is 18.8 Å². The van der Waals surface area contributed by atoms with Crippen molar-refractivity contribution in [3.05, 3.63) is 42.0 Å². The Labute approximate surface area is 564 Å². The van der Waals surface area contributed by atoms with Crippen molar-refractivity contribution in [3.63, 3.8) is 0 Å². The molecule has 5 amide bonds. The van der Waals surface area contributed by atoms with E-state index in [1.54, 1.807) is 12.1 Å². The second-order valence-corrected chi connectivity index (χ2v) is 25.1. The van der Waals surface area contributed by atoms with Crippen LogP contribution < -0.4 is 31.3 Å². The van der Waals surface area contributed by atoms with Crippen LogP contribution in [0.15, 0.2) is 36.4 Å². The number of aliphatic hydroxyl groups is 14. The summed E-state index contributed by atoms with van der Waals surface area (Å²) in [7, 11) is 0. The van der Waals surface area contributed by atoms with Crippen molar-refractivity contribution in [2.24, 2.45) is 0 Å². The molecule has 36 heteroatoms. The highest BCUT2D eigenvalue weighted by atomic mass is 16.8. The summed E-state index contributed by atoms with van der Waals surface area (Å²) in [4.78, 5) is 65.0. The maximum atomic E-state index is 13.9. The molecule has 6 saturated heterocycles. The zero-order valence-corrected chi connectivity index (χ0v) is 55.2. The molecule has 1 aromatic rings. The highest BCUT2D eigenvalue weighted by Crippen LogP contribution is 2.37. The van der Waals surface area contributed by atoms with Gasteiger partial charge in [-0.2, -0.15) is 0 Å². The van der Waals surface area contributed by atoms with Crippen LogP contribution >= 0.6 is 0 Å². The third kappa shape index (κ3) is 20.5. The number of unbranched alkanes of at least 4 members (excludes halogenated alkanes) is 5. The van der Waals surface area contributed by atoms with E-state index >= 15 is 0 Å². The Morgan fingerprint density at radius 1 is 0.449 bits per heavy atom. The Bertz CT molecular complexity index is 2710. The third-order valence-electron chi connectivity index (χ3n) is 17.6. The van der Waals surface area contributed by atoms with E-state index in [1.165, 1.54) is 31.9 Å². The normalized spacial score (nSPS) is 39.9. The third-order valence-corrected chi connectivity index (χ3v) is 17.6. The number of aliphatic hydroxyl groups excluding tert-OH is 14. The number of rotatable bonds is 31. The van der Waals surface area contributed by atoms with E-state index in [4.69, 9.17) is 56.8 Å². The highest BCUT2D eigenvalue weighted by Gasteiger charge is 2.58. The van der Waals surface area contributed by atoms with E-state index in [1.807, 2.05) is 0 Å². The lowest BCUT2D eigenvalue weighted by molar-refractivity contribution is -0.368. The average Bonchev–Trinajstić information content (AvgIpc) is 0.772. The van der Waals surface area contributed by atoms with Gasteiger partial charge in [-0.1, -0.05) is 44.4 Å². The Morgan fingerprint density at radius 2 is 0.878 bits per heavy atom. The molecule has 6 fully saturated rings. The first-order valence-electron chi connectivity index (χ1n) is 32.8. The summed E-state index contributed by atoms with van der Waals surface area (Å²) < 4.78 is 71.9. The molecule has 7 rings (SSSR count). The van der Waals surface area contributed by atoms with Gasteiger partial charge in [0.05, 0.1) is 45.7 Å². The second-order valence-electron chi connectivity index (χ2n) is 25.1. The van der Waals surface area contributed by atoms with Gasteiger partial charge in [-0.25, -0.2) is 0 Å². The van der Waals surface area contributed by atoms with Crippen molar-refractivity contribution in [1.82, 2.24) is 26.6 Å². The lowest BCUT2D eigenvalue weighted by atomic mass is 9.93. The average molecular weight is 1410 g/mol. The van der Waals surface area contributed by atoms with E-state index in [2.05, 4.69) is 45.7 Å². The fourth-order valence-corrected chi connectivity index (χ4v) is 12.4. The molecule has 1 aromatic carbocycles. The molecule has 0 bridgehead atoms. The van der Waals surface area contributed by atoms with Crippen molar-refractivity contribution in [2.45, 2.75) is 270 Å². The maximum absolute atomic E-state index is 13.9. The molecule has 0 aromatic heterocycles. The number of nitrogens with one attached hydrogen (secondary N) is 5. The summed E-state index contributed by atoms with van der Waals surface area (Å²) in [6.07, 6.45) is -33.6. The molecule has 19 N–H and O–H groups in total. The largest absolute Gasteiger partial charge is 0.494 e. The number of benzene rings is 1. The number of carbonyl (C=O) groups is 5. The molecule has 0 aliphatic carbocycles. The SMILES string of the molecule is CCCCCC/C=C\CCCOc1cccc(C(=O)N[C@H]2C(O[C@H]3C(O)C(NC(C)=O)C(O[C@H]4C(CO)O[C@@H](O[C@H]5C(O)C(NC(C)=O)C(OC6C(CO[C@H]7OC(C)C(O)[C@@H](O)[C@@H]7O)OC(O)[C@H](NC(C)=O)[C@H]6O)O[C@@H]5CO)[C@H](NC(C)=O)C4O)O[C@@H]3CO)OC(CO)[C@H](O)[C@@H]2O)c1. The van der Waals surface area contributed by atoms with Crippen LogP contribution in [-0.4, -0.2) is 325 Å². The quantitative estimate of drug-likeness (QED) is 0.0243. The number of amides is 5. The Balaban J connectivity index is 1.07. The van der Waals surface area contributed by atoms with Gasteiger partial charge < -0.3 is 155 Å². The molecule has 6 heterocycles. The number of carbonyl (C=O) groups excluding carboxylic acids is 5. The molecule has 0 radical (unpaired) electrons. The van der Waals surface area contributed by atoms with Gasteiger partial charge in [0.2, 0.25) is 23.6 Å². The van der Waals surface area contributed by atoms with Crippen LogP contribution in [0.2, 0.25) is 0 Å². The van der Waals surface area contributed by atoms with E-state index in [0.717, 1.165) is 53.4 Å². The maximum Gasteiger partial charge on any atom is 0.251 e. The molecule has 36 nitrogen and oxygen atoms in total. The fraction of sp³-hybridized carbons (Fsp3) is 0.790. The van der Waals surface area contributed by atoms with Crippen molar-refractivity contribution < 1.29 is 152 Å². The van der Waals surface area contributed by atoms with Gasteiger partial charge in [-0.3, -0.25) is 24.0 Å². The van der Waals surface area contributed by atoms with Crippen molar-refractivity contribution in [3.8, 4) is 5.75 Å². The smallest absolute Gasteiger partial charge is 0.251 e. The molecular weight excluding hydrogens is 1310 g/mol. The Kier molecular flexibility index (Phi) is 31.1. The molecule has 0 saturated carbocycles. The van der Waals surface area contributed by atoms with Crippen LogP contribution in [0.1, 0.15) is 96.8 Å². The first kappa shape index (κ1) is 80.4. The lowest BCUT2D eigenvalue weighted by Gasteiger charge is -2.51. The molecule has 6 aliphatic heterocycles. The zero-order valence-electron chi connectivity index (χ0n) is 55.2. The minimum atomic E-state index is -2.07. The summed E-state index contributed by atoms with van der Waals surface area (Å²) in [5, 5.41) is 168. The lowest BCUT2D eigenvalue weighted by Crippen LogP contribution is -2.72. The second kappa shape index (κ2) is 37.9. The standard InChI is InChI=1S/C62H99N5O31/c1-7-8-9-10-11-12-13-14-15-19-87-32-18-16-17-31(20-32)56(85)67-39-45(78)44(77)33(21-68)91-58(39)95-52-34(22-69)92-59(40(47(52)80)64-28(4)73)96-53-35(23-70)93-60(41(48(53)81)65-29(5)74)97-54-36(24-71)94-61(42(49(54)82)66-30(6)75)98-55-37(90-57(86)38(46(55)79)63-27(3)72)25-88-62-51(84)50(83)43(76)26(2)89-62/h12-13,16-18,20,26,33-55,57-62,68-71,76-84,86H,7-11,14-15,19,21-25H2,1-6H3,(H,63,72)(H,64,73)(H,65,74)(H,66,75)(H,67,85)/b13-12-/t26?,33?,34-,35?,36-,37?,38-,39-,40?,41-,42?,43?,44+,45-,46-,47?,48?,49?,50-,51+,52-,53+,54-,55?,57?,58?,59?,60+,61?,62+/m1/s1. The van der Waals surface area contributed by atoms with E-state index in [-0.39, 0.29) is 5.56 Å². The minimum absolute atomic E-state index is 0.0454. The number of allylic oxidation sites excluding steroid dienone is 2. The predicted octanol–water partition coefficient (Wildman–Crippen LogP) is -7.37. The molecule has 558 valence electrons. The summed E-state index contributed by atoms with van der Waals surface area (Å²) in [6, 6.07) is -2.52. The predicted molar refractivity (Wildman–Crippen MR) is 328 cm³/mol. The van der Waals surface area contributed by atoms with Crippen molar-refractivity contribution in [1.29, 1.82) is 0 Å². The summed E-state index contributed by atoms with van der Waals surface area (Å²) in [6.45, 7) is 3.29. The van der Waals surface area contributed by atoms with Crippen molar-refractivity contribution in [2.75, 3.05) is 39.6 Å². The highest BCUT2D eigenvalue weighted by molar-refractivity contribution is 5.94. The first-order chi connectivity index (χ1) is 46.7. The number of hydrogen-bond acceptors (Lipinski definition) is 31. The summed E-state index contributed by atoms with van der Waals surface area (Å²) >= 11 is 0. The van der Waals surface area contributed by atoms with Gasteiger partial charge >= 0.3 is 0 Å². The van der Waals surface area contributed by atoms with Crippen LogP contribution in [0.4, 0.5) is 0 Å². The van der Waals surface area contributed by atoms with Crippen LogP contribution in [0.5, 0.6) is 5.75 Å². The topological polar surface area (TPSA) is 539 Å². The summed E-state index contributed by atoms with van der Waals surface area (Å²) in [5.41, 5.74) is 0.0454. The van der Waals surface area contributed by atoms with Crippen LogP contribution in [0.3, 0.4) is 0 Å². The van der Waals surface area contributed by atoms with Crippen molar-refractivity contribution >= 4 is 29.5 Å². The van der Waals surface area contributed by atoms with Gasteiger partial charge in [0.15, 0.2) is 37.7 Å². The minimum Gasteiger partial charge on any atom is -0.494 e. The zero-order chi connectivity index (χ0) is 71.8. The number of hydrogen-bond donors (Lipinski definition) is 19. The van der Waals surface area contributed by atoms with Gasteiger partial charge in [-0.05, 0) is 50.8 Å². The molecule has 15 unspecified atom stereocenters. The van der Waals surface area contributed by atoms with Crippen LogP contribution in [0.25, 0.3) is 0 Å². The molecular formula is C62H99N5O31. The van der Waals surface area contributed by atoms with E-state index in [9.17, 15) is 95.5 Å². The fourth-order valence-electron chi connectivity index (χ4n) is 12.4. The van der Waals surface area contributed by atoms with Crippen LogP contribution in [0, 0.1) is 0 Å². The molecule has 6 aliphatic rings. The molecule has 98 heavy (non-hydrogen) atoms. The van der Waals surface area contributed by atoms with Gasteiger partial charge in [0.1, 0.15) is 146 Å². The van der Waals surface area contributed by atoms with Gasteiger partial charge in [0.25, 0.3) is 5.91 Å².